The fourth-order valence-corrected chi connectivity index (χ4v) is 3.91. The Morgan fingerprint density at radius 1 is 1.18 bits per heavy atom. The zero-order valence-electron chi connectivity index (χ0n) is 15.6. The third-order valence-corrected chi connectivity index (χ3v) is 5.33. The van der Waals surface area contributed by atoms with Crippen LogP contribution in [0.3, 0.4) is 0 Å². The molecule has 2 aromatic heterocycles. The first kappa shape index (κ1) is 16.8. The topological polar surface area (TPSA) is 76.2 Å². The van der Waals surface area contributed by atoms with Gasteiger partial charge in [0.2, 0.25) is 0 Å². The van der Waals surface area contributed by atoms with Crippen molar-refractivity contribution in [1.29, 1.82) is 0 Å². The van der Waals surface area contributed by atoms with Crippen molar-refractivity contribution in [3.8, 4) is 11.5 Å². The Kier molecular flexibility index (Phi) is 4.20. The van der Waals surface area contributed by atoms with Gasteiger partial charge in [-0.25, -0.2) is 15.0 Å². The maximum Gasteiger partial charge on any atom is 0.162 e. The quantitative estimate of drug-likeness (QED) is 0.575. The lowest BCUT2D eigenvalue weighted by molar-refractivity contribution is 0.291. The highest BCUT2D eigenvalue weighted by Crippen LogP contribution is 2.31. The van der Waals surface area contributed by atoms with Crippen molar-refractivity contribution in [2.75, 3.05) is 25.2 Å². The molecule has 0 unspecified atom stereocenters. The number of fused-ring (bicyclic) bond motifs is 2. The van der Waals surface area contributed by atoms with Gasteiger partial charge in [-0.2, -0.15) is 0 Å². The largest absolute Gasteiger partial charge is 0.497 e. The number of benzene rings is 2. The molecule has 5 rings (SSSR count). The minimum Gasteiger partial charge on any atom is -0.497 e. The summed E-state index contributed by atoms with van der Waals surface area (Å²) in [6, 6.07) is 12.4. The molecule has 3 heterocycles. The van der Waals surface area contributed by atoms with E-state index in [-0.39, 0.29) is 6.04 Å². The number of nitrogens with one attached hydrogen (secondary N) is 1. The molecule has 1 aliphatic heterocycles. The molecule has 0 spiro atoms. The minimum atomic E-state index is 0.246. The Balaban J connectivity index is 1.41. The van der Waals surface area contributed by atoms with Crippen molar-refractivity contribution in [3.63, 3.8) is 0 Å². The Morgan fingerprint density at radius 3 is 3.07 bits per heavy atom. The molecule has 7 nitrogen and oxygen atoms in total. The first-order chi connectivity index (χ1) is 13.8. The highest BCUT2D eigenvalue weighted by atomic mass is 16.5. The molecular weight excluding hydrogens is 354 g/mol. The standard InChI is InChI=1S/C21H21N5O2/c1-27-16-8-7-14-4-2-6-18(17(14)10-16)28-11-15-5-3-9-26(15)21-19-20(23-12-22-19)24-13-25-21/h2,4,6-8,10,12-13,15H,3,5,9,11H2,1H3,(H,22,23,24,25)/t15-/m1/s1. The van der Waals surface area contributed by atoms with Gasteiger partial charge in [0, 0.05) is 11.9 Å². The van der Waals surface area contributed by atoms with Crippen LogP contribution in [0.5, 0.6) is 11.5 Å². The molecule has 1 saturated heterocycles. The van der Waals surface area contributed by atoms with Gasteiger partial charge in [0.15, 0.2) is 11.5 Å². The summed E-state index contributed by atoms with van der Waals surface area (Å²) in [6.45, 7) is 1.53. The molecular formula is C21H21N5O2. The lowest BCUT2D eigenvalue weighted by atomic mass is 10.1. The van der Waals surface area contributed by atoms with Crippen LogP contribution in [0.2, 0.25) is 0 Å². The van der Waals surface area contributed by atoms with Crippen LogP contribution in [0.25, 0.3) is 21.9 Å². The maximum absolute atomic E-state index is 6.28. The Morgan fingerprint density at radius 2 is 2.14 bits per heavy atom. The average molecular weight is 375 g/mol. The molecule has 2 aromatic carbocycles. The first-order valence-electron chi connectivity index (χ1n) is 9.44. The van der Waals surface area contributed by atoms with Crippen LogP contribution >= 0.6 is 0 Å². The van der Waals surface area contributed by atoms with Crippen molar-refractivity contribution in [3.05, 3.63) is 49.1 Å². The SMILES string of the molecule is COc1ccc2cccc(OC[C@H]3CCCN3c3ncnc4[nH]cnc34)c2c1. The van der Waals surface area contributed by atoms with Gasteiger partial charge in [-0.15, -0.1) is 0 Å². The molecule has 0 amide bonds. The zero-order chi connectivity index (χ0) is 18.9. The van der Waals surface area contributed by atoms with Gasteiger partial charge < -0.3 is 19.4 Å². The summed E-state index contributed by atoms with van der Waals surface area (Å²) < 4.78 is 11.7. The Labute approximate surface area is 162 Å². The van der Waals surface area contributed by atoms with E-state index in [1.165, 1.54) is 0 Å². The second-order valence-corrected chi connectivity index (χ2v) is 6.94. The first-order valence-corrected chi connectivity index (χ1v) is 9.44. The lowest BCUT2D eigenvalue weighted by Gasteiger charge is -2.26. The Hall–Kier alpha value is -3.35. The third-order valence-electron chi connectivity index (χ3n) is 5.33. The van der Waals surface area contributed by atoms with Crippen molar-refractivity contribution < 1.29 is 9.47 Å². The number of anilines is 1. The molecule has 0 saturated carbocycles. The number of H-pyrrole nitrogens is 1. The fourth-order valence-electron chi connectivity index (χ4n) is 3.91. The van der Waals surface area contributed by atoms with E-state index in [1.54, 1.807) is 19.8 Å². The molecule has 28 heavy (non-hydrogen) atoms. The summed E-state index contributed by atoms with van der Waals surface area (Å²) in [5, 5.41) is 2.19. The molecule has 1 fully saturated rings. The number of hydrogen-bond donors (Lipinski definition) is 1. The predicted octanol–water partition coefficient (Wildman–Crippen LogP) is 3.56. The fraction of sp³-hybridized carbons (Fsp3) is 0.286. The van der Waals surface area contributed by atoms with Crippen LogP contribution in [-0.4, -0.2) is 46.2 Å². The van der Waals surface area contributed by atoms with E-state index in [2.05, 4.69) is 37.0 Å². The second-order valence-electron chi connectivity index (χ2n) is 6.94. The smallest absolute Gasteiger partial charge is 0.162 e. The van der Waals surface area contributed by atoms with E-state index in [9.17, 15) is 0 Å². The minimum absolute atomic E-state index is 0.246. The second kappa shape index (κ2) is 6.99. The number of aromatic amines is 1. The predicted molar refractivity (Wildman–Crippen MR) is 108 cm³/mol. The highest BCUT2D eigenvalue weighted by Gasteiger charge is 2.28. The monoisotopic (exact) mass is 375 g/mol. The van der Waals surface area contributed by atoms with Crippen molar-refractivity contribution in [1.82, 2.24) is 19.9 Å². The van der Waals surface area contributed by atoms with Crippen molar-refractivity contribution >= 4 is 27.8 Å². The van der Waals surface area contributed by atoms with Crippen LogP contribution in [0.1, 0.15) is 12.8 Å². The van der Waals surface area contributed by atoms with Crippen LogP contribution in [-0.2, 0) is 0 Å². The maximum atomic E-state index is 6.28. The van der Waals surface area contributed by atoms with Crippen LogP contribution in [0.15, 0.2) is 49.1 Å². The third kappa shape index (κ3) is 2.89. The van der Waals surface area contributed by atoms with Gasteiger partial charge in [0.1, 0.15) is 29.9 Å². The van der Waals surface area contributed by atoms with E-state index >= 15 is 0 Å². The normalized spacial score (nSPS) is 16.8. The summed E-state index contributed by atoms with van der Waals surface area (Å²) in [4.78, 5) is 18.5. The summed E-state index contributed by atoms with van der Waals surface area (Å²) in [6.07, 6.45) is 5.41. The summed E-state index contributed by atoms with van der Waals surface area (Å²) in [5.41, 5.74) is 1.57. The van der Waals surface area contributed by atoms with E-state index in [0.29, 0.717) is 6.61 Å². The molecule has 0 radical (unpaired) electrons. The highest BCUT2D eigenvalue weighted by molar-refractivity contribution is 5.89. The van der Waals surface area contributed by atoms with Crippen LogP contribution in [0.4, 0.5) is 5.82 Å². The summed E-state index contributed by atoms with van der Waals surface area (Å²) in [5.74, 6) is 2.57. The summed E-state index contributed by atoms with van der Waals surface area (Å²) in [7, 11) is 1.68. The molecule has 0 aliphatic carbocycles. The van der Waals surface area contributed by atoms with Crippen LogP contribution < -0.4 is 14.4 Å². The average Bonchev–Trinajstić information content (AvgIpc) is 3.40. The van der Waals surface area contributed by atoms with Gasteiger partial charge in [-0.1, -0.05) is 18.2 Å². The number of ether oxygens (including phenoxy) is 2. The van der Waals surface area contributed by atoms with Gasteiger partial charge in [-0.05, 0) is 36.4 Å². The molecule has 1 atom stereocenters. The van der Waals surface area contributed by atoms with E-state index < -0.39 is 0 Å². The molecule has 142 valence electrons. The number of imidazole rings is 1. The van der Waals surface area contributed by atoms with Gasteiger partial charge in [0.05, 0.1) is 19.5 Å². The van der Waals surface area contributed by atoms with E-state index in [1.807, 2.05) is 24.3 Å². The van der Waals surface area contributed by atoms with E-state index in [4.69, 9.17) is 9.47 Å². The molecule has 1 aliphatic rings. The summed E-state index contributed by atoms with van der Waals surface area (Å²) >= 11 is 0. The number of hydrogen-bond acceptors (Lipinski definition) is 6. The van der Waals surface area contributed by atoms with Crippen LogP contribution in [0, 0.1) is 0 Å². The zero-order valence-corrected chi connectivity index (χ0v) is 15.6. The Bertz CT molecular complexity index is 1130. The number of rotatable bonds is 5. The molecule has 0 bridgehead atoms. The molecule has 4 aromatic rings. The van der Waals surface area contributed by atoms with E-state index in [0.717, 1.165) is 58.6 Å². The van der Waals surface area contributed by atoms with Crippen molar-refractivity contribution in [2.45, 2.75) is 18.9 Å². The molecule has 1 N–H and O–H groups in total. The molecule has 7 heteroatoms. The number of methoxy groups -OCH3 is 1. The van der Waals surface area contributed by atoms with Gasteiger partial charge in [0.25, 0.3) is 0 Å². The number of aromatic nitrogens is 4. The van der Waals surface area contributed by atoms with Gasteiger partial charge >= 0.3 is 0 Å². The number of nitrogens with zero attached hydrogens (tertiary/aromatic N) is 4. The van der Waals surface area contributed by atoms with Crippen molar-refractivity contribution in [2.24, 2.45) is 0 Å². The van der Waals surface area contributed by atoms with Gasteiger partial charge in [-0.3, -0.25) is 0 Å². The lowest BCUT2D eigenvalue weighted by Crippen LogP contribution is -2.35.